The standard InChI is InChI=1S/C11H16N2O4/c12-11(14)9-7-8(13-17-9)4-6-16-10-3-1-2-5-15-10/h7,10H,1-6H2,(H2,12,14). The van der Waals surface area contributed by atoms with E-state index in [1.165, 1.54) is 6.07 Å². The summed E-state index contributed by atoms with van der Waals surface area (Å²) < 4.78 is 15.7. The van der Waals surface area contributed by atoms with Gasteiger partial charge in [0.15, 0.2) is 6.29 Å². The lowest BCUT2D eigenvalue weighted by Crippen LogP contribution is -2.23. The molecule has 17 heavy (non-hydrogen) atoms. The molecule has 0 saturated carbocycles. The molecule has 1 atom stereocenters. The smallest absolute Gasteiger partial charge is 0.287 e. The Balaban J connectivity index is 1.71. The Hall–Kier alpha value is -1.40. The number of hydrogen-bond acceptors (Lipinski definition) is 5. The zero-order chi connectivity index (χ0) is 12.1. The molecule has 6 nitrogen and oxygen atoms in total. The number of rotatable bonds is 5. The van der Waals surface area contributed by atoms with Crippen molar-refractivity contribution in [3.05, 3.63) is 17.5 Å². The van der Waals surface area contributed by atoms with Crippen molar-refractivity contribution in [2.24, 2.45) is 5.73 Å². The van der Waals surface area contributed by atoms with Crippen molar-refractivity contribution in [1.82, 2.24) is 5.16 Å². The van der Waals surface area contributed by atoms with Crippen LogP contribution in [0.1, 0.15) is 35.5 Å². The van der Waals surface area contributed by atoms with Crippen LogP contribution in [0.5, 0.6) is 0 Å². The van der Waals surface area contributed by atoms with Crippen LogP contribution in [-0.4, -0.2) is 30.6 Å². The predicted octanol–water partition coefficient (Wildman–Crippen LogP) is 0.859. The Morgan fingerprint density at radius 3 is 3.12 bits per heavy atom. The monoisotopic (exact) mass is 240 g/mol. The molecule has 0 aromatic carbocycles. The van der Waals surface area contributed by atoms with Gasteiger partial charge in [0.25, 0.3) is 5.91 Å². The second kappa shape index (κ2) is 5.79. The van der Waals surface area contributed by atoms with E-state index < -0.39 is 5.91 Å². The lowest BCUT2D eigenvalue weighted by atomic mass is 10.2. The average molecular weight is 240 g/mol. The van der Waals surface area contributed by atoms with Crippen LogP contribution >= 0.6 is 0 Å². The van der Waals surface area contributed by atoms with Gasteiger partial charge in [0, 0.05) is 19.1 Å². The summed E-state index contributed by atoms with van der Waals surface area (Å²) in [5.74, 6) is -0.533. The van der Waals surface area contributed by atoms with E-state index in [9.17, 15) is 4.79 Å². The Labute approximate surface area is 99.0 Å². The van der Waals surface area contributed by atoms with Crippen molar-refractivity contribution in [2.45, 2.75) is 32.0 Å². The highest BCUT2D eigenvalue weighted by molar-refractivity contribution is 5.89. The molecule has 0 aliphatic carbocycles. The van der Waals surface area contributed by atoms with Gasteiger partial charge in [-0.2, -0.15) is 0 Å². The van der Waals surface area contributed by atoms with E-state index in [1.54, 1.807) is 0 Å². The molecular weight excluding hydrogens is 224 g/mol. The third kappa shape index (κ3) is 3.54. The van der Waals surface area contributed by atoms with Crippen molar-refractivity contribution >= 4 is 5.91 Å². The van der Waals surface area contributed by atoms with E-state index >= 15 is 0 Å². The van der Waals surface area contributed by atoms with E-state index in [4.69, 9.17) is 19.7 Å². The Kier molecular flexibility index (Phi) is 4.11. The molecule has 1 amide bonds. The second-order valence-electron chi connectivity index (χ2n) is 3.96. The number of carbonyl (C=O) groups is 1. The van der Waals surface area contributed by atoms with Crippen molar-refractivity contribution in [2.75, 3.05) is 13.2 Å². The fraction of sp³-hybridized carbons (Fsp3) is 0.636. The lowest BCUT2D eigenvalue weighted by Gasteiger charge is -2.22. The molecule has 1 unspecified atom stereocenters. The minimum atomic E-state index is -0.611. The first-order chi connectivity index (χ1) is 8.25. The topological polar surface area (TPSA) is 87.6 Å². The summed E-state index contributed by atoms with van der Waals surface area (Å²) in [7, 11) is 0. The fourth-order valence-corrected chi connectivity index (χ4v) is 1.68. The molecule has 2 N–H and O–H groups in total. The summed E-state index contributed by atoms with van der Waals surface area (Å²) in [5, 5.41) is 3.72. The normalized spacial score (nSPS) is 20.4. The number of primary amides is 1. The minimum Gasteiger partial charge on any atom is -0.363 e. The maximum Gasteiger partial charge on any atom is 0.287 e. The van der Waals surface area contributed by atoms with Crippen LogP contribution in [0.3, 0.4) is 0 Å². The van der Waals surface area contributed by atoms with E-state index in [2.05, 4.69) is 5.16 Å². The van der Waals surface area contributed by atoms with Gasteiger partial charge >= 0.3 is 0 Å². The van der Waals surface area contributed by atoms with Crippen LogP contribution < -0.4 is 5.73 Å². The van der Waals surface area contributed by atoms with Gasteiger partial charge in [-0.15, -0.1) is 0 Å². The summed E-state index contributed by atoms with van der Waals surface area (Å²) in [6, 6.07) is 1.54. The number of amides is 1. The molecule has 1 aromatic heterocycles. The number of aromatic nitrogens is 1. The molecule has 0 spiro atoms. The van der Waals surface area contributed by atoms with Crippen molar-refractivity contribution < 1.29 is 18.8 Å². The first-order valence-electron chi connectivity index (χ1n) is 5.74. The van der Waals surface area contributed by atoms with Crippen molar-refractivity contribution in [3.8, 4) is 0 Å². The highest BCUT2D eigenvalue weighted by atomic mass is 16.7. The molecule has 1 aliphatic heterocycles. The largest absolute Gasteiger partial charge is 0.363 e. The lowest BCUT2D eigenvalue weighted by molar-refractivity contribution is -0.161. The van der Waals surface area contributed by atoms with Crippen LogP contribution in [0.2, 0.25) is 0 Å². The molecule has 2 heterocycles. The molecule has 0 radical (unpaired) electrons. The van der Waals surface area contributed by atoms with Crippen LogP contribution in [0.4, 0.5) is 0 Å². The van der Waals surface area contributed by atoms with E-state index in [0.29, 0.717) is 18.7 Å². The van der Waals surface area contributed by atoms with Gasteiger partial charge < -0.3 is 19.7 Å². The molecule has 6 heteroatoms. The molecule has 94 valence electrons. The van der Waals surface area contributed by atoms with Gasteiger partial charge in [0.05, 0.1) is 12.3 Å². The first-order valence-corrected chi connectivity index (χ1v) is 5.74. The third-order valence-corrected chi connectivity index (χ3v) is 2.60. The van der Waals surface area contributed by atoms with Crippen molar-refractivity contribution in [3.63, 3.8) is 0 Å². The number of nitrogens with two attached hydrogens (primary N) is 1. The summed E-state index contributed by atoms with van der Waals surface area (Å²) in [6.45, 7) is 1.26. The first kappa shape index (κ1) is 12.1. The zero-order valence-electron chi connectivity index (χ0n) is 9.55. The molecule has 1 saturated heterocycles. The van der Waals surface area contributed by atoms with Crippen LogP contribution in [0.25, 0.3) is 0 Å². The van der Waals surface area contributed by atoms with Gasteiger partial charge in [0.2, 0.25) is 5.76 Å². The number of hydrogen-bond donors (Lipinski definition) is 1. The Morgan fingerprint density at radius 2 is 2.47 bits per heavy atom. The van der Waals surface area contributed by atoms with Crippen LogP contribution in [-0.2, 0) is 15.9 Å². The zero-order valence-corrected chi connectivity index (χ0v) is 9.55. The number of ether oxygens (including phenoxy) is 2. The van der Waals surface area contributed by atoms with Gasteiger partial charge in [0.1, 0.15) is 0 Å². The molecule has 1 aromatic rings. The molecule has 1 fully saturated rings. The third-order valence-electron chi connectivity index (χ3n) is 2.60. The number of carbonyl (C=O) groups excluding carboxylic acids is 1. The van der Waals surface area contributed by atoms with Crippen LogP contribution in [0, 0.1) is 0 Å². The molecule has 1 aliphatic rings. The number of nitrogens with zero attached hydrogens (tertiary/aromatic N) is 1. The maximum absolute atomic E-state index is 10.8. The molecule has 2 rings (SSSR count). The Bertz CT molecular complexity index is 371. The quantitative estimate of drug-likeness (QED) is 0.824. The summed E-state index contributed by atoms with van der Waals surface area (Å²) >= 11 is 0. The van der Waals surface area contributed by atoms with Gasteiger partial charge in [-0.1, -0.05) is 5.16 Å². The van der Waals surface area contributed by atoms with Gasteiger partial charge in [-0.05, 0) is 19.3 Å². The highest BCUT2D eigenvalue weighted by Crippen LogP contribution is 2.14. The van der Waals surface area contributed by atoms with Gasteiger partial charge in [-0.25, -0.2) is 0 Å². The second-order valence-corrected chi connectivity index (χ2v) is 3.96. The van der Waals surface area contributed by atoms with E-state index in [-0.39, 0.29) is 12.1 Å². The maximum atomic E-state index is 10.8. The summed E-state index contributed by atoms with van der Waals surface area (Å²) in [4.78, 5) is 10.8. The minimum absolute atomic E-state index is 0.0777. The summed E-state index contributed by atoms with van der Waals surface area (Å²) in [5.41, 5.74) is 5.71. The van der Waals surface area contributed by atoms with E-state index in [0.717, 1.165) is 25.9 Å². The SMILES string of the molecule is NC(=O)c1cc(CCOC2CCCCO2)no1. The Morgan fingerprint density at radius 1 is 1.59 bits per heavy atom. The average Bonchev–Trinajstić information content (AvgIpc) is 2.79. The predicted molar refractivity (Wildman–Crippen MR) is 58.3 cm³/mol. The van der Waals surface area contributed by atoms with Crippen molar-refractivity contribution in [1.29, 1.82) is 0 Å². The van der Waals surface area contributed by atoms with E-state index in [1.807, 2.05) is 0 Å². The molecule has 0 bridgehead atoms. The van der Waals surface area contributed by atoms with Gasteiger partial charge in [-0.3, -0.25) is 4.79 Å². The molecular formula is C11H16N2O4. The fourth-order valence-electron chi connectivity index (χ4n) is 1.68. The summed E-state index contributed by atoms with van der Waals surface area (Å²) in [6.07, 6.45) is 3.65. The highest BCUT2D eigenvalue weighted by Gasteiger charge is 2.14. The van der Waals surface area contributed by atoms with Crippen LogP contribution in [0.15, 0.2) is 10.6 Å².